The van der Waals surface area contributed by atoms with Gasteiger partial charge in [0.25, 0.3) is 0 Å². The van der Waals surface area contributed by atoms with Crippen molar-refractivity contribution in [2.75, 3.05) is 5.75 Å². The van der Waals surface area contributed by atoms with Crippen LogP contribution in [-0.2, 0) is 4.79 Å². The Labute approximate surface area is 172 Å². The van der Waals surface area contributed by atoms with E-state index in [0.29, 0.717) is 15.2 Å². The van der Waals surface area contributed by atoms with Gasteiger partial charge >= 0.3 is 0 Å². The van der Waals surface area contributed by atoms with Crippen LogP contribution in [0, 0.1) is 6.92 Å². The SMILES string of the molecule is Cc1ccc(-n2cnnc2SCC(=O)N[C@@H](C)c2ccc(Cl)cc2)cc1Cl. The first kappa shape index (κ1) is 19.7. The molecular weight excluding hydrogens is 403 g/mol. The third-order valence-electron chi connectivity index (χ3n) is 4.03. The first-order valence-electron chi connectivity index (χ1n) is 8.28. The van der Waals surface area contributed by atoms with Crippen LogP contribution < -0.4 is 5.32 Å². The van der Waals surface area contributed by atoms with Crippen LogP contribution in [0.4, 0.5) is 0 Å². The second-order valence-electron chi connectivity index (χ2n) is 6.05. The standard InChI is InChI=1S/C19H18Cl2N4OS/c1-12-3-8-16(9-17(12)21)25-11-22-24-19(25)27-10-18(26)23-13(2)14-4-6-15(20)7-5-14/h3-9,11,13H,10H2,1-2H3,(H,23,26)/t13-/m0/s1. The Hall–Kier alpha value is -2.02. The maximum absolute atomic E-state index is 12.3. The fourth-order valence-corrected chi connectivity index (χ4v) is 3.52. The zero-order chi connectivity index (χ0) is 19.4. The Kier molecular flexibility index (Phi) is 6.42. The van der Waals surface area contributed by atoms with E-state index in [1.54, 1.807) is 6.33 Å². The van der Waals surface area contributed by atoms with Gasteiger partial charge in [-0.25, -0.2) is 0 Å². The summed E-state index contributed by atoms with van der Waals surface area (Å²) >= 11 is 13.4. The predicted molar refractivity (Wildman–Crippen MR) is 110 cm³/mol. The molecule has 1 heterocycles. The molecule has 0 aliphatic carbocycles. The number of carbonyl (C=O) groups is 1. The maximum atomic E-state index is 12.3. The minimum absolute atomic E-state index is 0.0843. The number of halogens is 2. The number of hydrogen-bond donors (Lipinski definition) is 1. The van der Waals surface area contributed by atoms with Gasteiger partial charge in [-0.05, 0) is 49.2 Å². The number of hydrogen-bond acceptors (Lipinski definition) is 4. The van der Waals surface area contributed by atoms with Crippen molar-refractivity contribution < 1.29 is 4.79 Å². The third-order valence-corrected chi connectivity index (χ3v) is 5.63. The normalized spacial score (nSPS) is 12.0. The number of nitrogens with one attached hydrogen (secondary N) is 1. The van der Waals surface area contributed by atoms with Crippen molar-refractivity contribution in [2.45, 2.75) is 25.0 Å². The molecule has 0 unspecified atom stereocenters. The summed E-state index contributed by atoms with van der Waals surface area (Å²) < 4.78 is 1.81. The van der Waals surface area contributed by atoms with Gasteiger partial charge in [-0.15, -0.1) is 10.2 Å². The summed E-state index contributed by atoms with van der Waals surface area (Å²) in [7, 11) is 0. The number of benzene rings is 2. The van der Waals surface area contributed by atoms with Crippen LogP contribution in [0.15, 0.2) is 53.9 Å². The van der Waals surface area contributed by atoms with E-state index in [1.807, 2.05) is 60.9 Å². The highest BCUT2D eigenvalue weighted by Crippen LogP contribution is 2.24. The highest BCUT2D eigenvalue weighted by Gasteiger charge is 2.13. The van der Waals surface area contributed by atoms with Crippen molar-refractivity contribution in [1.29, 1.82) is 0 Å². The summed E-state index contributed by atoms with van der Waals surface area (Å²) in [5.74, 6) is 0.148. The second kappa shape index (κ2) is 8.78. The van der Waals surface area contributed by atoms with Gasteiger partial charge in [0, 0.05) is 10.0 Å². The van der Waals surface area contributed by atoms with E-state index in [9.17, 15) is 4.79 Å². The Morgan fingerprint density at radius 1 is 1.22 bits per heavy atom. The van der Waals surface area contributed by atoms with Gasteiger partial charge in [0.2, 0.25) is 5.91 Å². The van der Waals surface area contributed by atoms with Crippen LogP contribution in [0.5, 0.6) is 0 Å². The van der Waals surface area contributed by atoms with Crippen molar-refractivity contribution in [1.82, 2.24) is 20.1 Å². The van der Waals surface area contributed by atoms with Crippen molar-refractivity contribution in [2.24, 2.45) is 0 Å². The van der Waals surface area contributed by atoms with Gasteiger partial charge in [-0.2, -0.15) is 0 Å². The van der Waals surface area contributed by atoms with Crippen molar-refractivity contribution in [3.8, 4) is 5.69 Å². The van der Waals surface area contributed by atoms with E-state index < -0.39 is 0 Å². The van der Waals surface area contributed by atoms with E-state index in [4.69, 9.17) is 23.2 Å². The molecule has 2 aromatic carbocycles. The number of carbonyl (C=O) groups excluding carboxylic acids is 1. The van der Waals surface area contributed by atoms with Crippen LogP contribution in [0.2, 0.25) is 10.0 Å². The molecule has 8 heteroatoms. The van der Waals surface area contributed by atoms with Crippen LogP contribution in [0.25, 0.3) is 5.69 Å². The number of aromatic nitrogens is 3. The molecule has 1 atom stereocenters. The zero-order valence-corrected chi connectivity index (χ0v) is 17.1. The van der Waals surface area contributed by atoms with Crippen LogP contribution >= 0.6 is 35.0 Å². The summed E-state index contributed by atoms with van der Waals surface area (Å²) in [6, 6.07) is 13.0. The molecule has 0 spiro atoms. The predicted octanol–water partition coefficient (Wildman–Crippen LogP) is 4.85. The van der Waals surface area contributed by atoms with E-state index in [1.165, 1.54) is 11.8 Å². The second-order valence-corrected chi connectivity index (χ2v) is 7.83. The molecule has 5 nitrogen and oxygen atoms in total. The van der Waals surface area contributed by atoms with Crippen molar-refractivity contribution in [3.63, 3.8) is 0 Å². The zero-order valence-electron chi connectivity index (χ0n) is 14.8. The maximum Gasteiger partial charge on any atom is 0.230 e. The van der Waals surface area contributed by atoms with Gasteiger partial charge in [0.05, 0.1) is 17.5 Å². The number of nitrogens with zero attached hydrogens (tertiary/aromatic N) is 3. The molecular formula is C19H18Cl2N4OS. The lowest BCUT2D eigenvalue weighted by Crippen LogP contribution is -2.28. The summed E-state index contributed by atoms with van der Waals surface area (Å²) in [5, 5.41) is 13.0. The molecule has 1 N–H and O–H groups in total. The molecule has 27 heavy (non-hydrogen) atoms. The molecule has 0 saturated carbocycles. The van der Waals surface area contributed by atoms with E-state index in [-0.39, 0.29) is 17.7 Å². The minimum atomic E-state index is -0.107. The average molecular weight is 421 g/mol. The fraction of sp³-hybridized carbons (Fsp3) is 0.211. The fourth-order valence-electron chi connectivity index (χ4n) is 2.48. The first-order chi connectivity index (χ1) is 12.9. The Bertz CT molecular complexity index is 943. The third kappa shape index (κ3) is 5.03. The van der Waals surface area contributed by atoms with Crippen LogP contribution in [0.1, 0.15) is 24.1 Å². The van der Waals surface area contributed by atoms with Gasteiger partial charge in [0.1, 0.15) is 6.33 Å². The molecule has 140 valence electrons. The van der Waals surface area contributed by atoms with E-state index >= 15 is 0 Å². The topological polar surface area (TPSA) is 59.8 Å². The lowest BCUT2D eigenvalue weighted by Gasteiger charge is -2.14. The van der Waals surface area contributed by atoms with Crippen LogP contribution in [-0.4, -0.2) is 26.4 Å². The molecule has 0 bridgehead atoms. The van der Waals surface area contributed by atoms with Gasteiger partial charge < -0.3 is 5.32 Å². The summed E-state index contributed by atoms with van der Waals surface area (Å²) in [6.07, 6.45) is 1.61. The Morgan fingerprint density at radius 3 is 2.67 bits per heavy atom. The summed E-state index contributed by atoms with van der Waals surface area (Å²) in [6.45, 7) is 3.88. The lowest BCUT2D eigenvalue weighted by atomic mass is 10.1. The van der Waals surface area contributed by atoms with E-state index in [0.717, 1.165) is 16.8 Å². The highest BCUT2D eigenvalue weighted by molar-refractivity contribution is 7.99. The molecule has 3 aromatic rings. The number of thioether (sulfide) groups is 1. The van der Waals surface area contributed by atoms with Crippen molar-refractivity contribution >= 4 is 40.9 Å². The van der Waals surface area contributed by atoms with E-state index in [2.05, 4.69) is 15.5 Å². The Morgan fingerprint density at radius 2 is 1.96 bits per heavy atom. The Balaban J connectivity index is 1.62. The smallest absolute Gasteiger partial charge is 0.230 e. The molecule has 0 aliphatic rings. The monoisotopic (exact) mass is 420 g/mol. The summed E-state index contributed by atoms with van der Waals surface area (Å²) in [4.78, 5) is 12.3. The van der Waals surface area contributed by atoms with Crippen LogP contribution in [0.3, 0.4) is 0 Å². The number of aryl methyl sites for hydroxylation is 1. The molecule has 0 aliphatic heterocycles. The highest BCUT2D eigenvalue weighted by atomic mass is 35.5. The van der Waals surface area contributed by atoms with Gasteiger partial charge in [-0.1, -0.05) is 53.2 Å². The average Bonchev–Trinajstić information content (AvgIpc) is 3.11. The molecule has 3 rings (SSSR count). The molecule has 0 fully saturated rings. The molecule has 0 radical (unpaired) electrons. The first-order valence-corrected chi connectivity index (χ1v) is 10.0. The molecule has 1 amide bonds. The summed E-state index contributed by atoms with van der Waals surface area (Å²) in [5.41, 5.74) is 2.85. The number of rotatable bonds is 6. The quantitative estimate of drug-likeness (QED) is 0.578. The van der Waals surface area contributed by atoms with Crippen molar-refractivity contribution in [3.05, 3.63) is 70.0 Å². The number of amides is 1. The molecule has 0 saturated heterocycles. The van der Waals surface area contributed by atoms with Gasteiger partial charge in [-0.3, -0.25) is 9.36 Å². The lowest BCUT2D eigenvalue weighted by molar-refractivity contribution is -0.119. The minimum Gasteiger partial charge on any atom is -0.349 e. The van der Waals surface area contributed by atoms with Gasteiger partial charge in [0.15, 0.2) is 5.16 Å². The largest absolute Gasteiger partial charge is 0.349 e. The molecule has 1 aromatic heterocycles.